The maximum absolute atomic E-state index is 12.6. The van der Waals surface area contributed by atoms with Crippen molar-refractivity contribution in [2.45, 2.75) is 19.4 Å². The Labute approximate surface area is 172 Å². The standard InChI is InChI=1S/C20H22N6O3S/c1-30(28,29)25-6-3-13(4-7-25)12-26-17-9-16(11-23-19(17)24-20(26)27)15-8-14-2-5-21-18(14)22-10-15/h2,5,8-11,13H,3-4,6-7,12H2,1H3,(H,21,22)(H,23,24,27). The van der Waals surface area contributed by atoms with Crippen LogP contribution in [0.15, 0.2) is 41.6 Å². The van der Waals surface area contributed by atoms with Gasteiger partial charge in [0.15, 0.2) is 5.65 Å². The number of rotatable bonds is 4. The molecule has 4 aromatic rings. The summed E-state index contributed by atoms with van der Waals surface area (Å²) in [7, 11) is -3.16. The van der Waals surface area contributed by atoms with Crippen LogP contribution in [0.2, 0.25) is 0 Å². The molecule has 1 aliphatic heterocycles. The summed E-state index contributed by atoms with van der Waals surface area (Å²) in [6.07, 6.45) is 8.08. The van der Waals surface area contributed by atoms with Crippen LogP contribution >= 0.6 is 0 Å². The molecule has 0 bridgehead atoms. The van der Waals surface area contributed by atoms with E-state index >= 15 is 0 Å². The summed E-state index contributed by atoms with van der Waals surface area (Å²) < 4.78 is 26.7. The second-order valence-electron chi connectivity index (χ2n) is 7.88. The van der Waals surface area contributed by atoms with Gasteiger partial charge in [-0.3, -0.25) is 9.55 Å². The molecule has 1 fully saturated rings. The number of nitrogens with zero attached hydrogens (tertiary/aromatic N) is 4. The van der Waals surface area contributed by atoms with Gasteiger partial charge in [-0.05, 0) is 37.0 Å². The van der Waals surface area contributed by atoms with Crippen LogP contribution in [0.4, 0.5) is 0 Å². The minimum absolute atomic E-state index is 0.195. The fraction of sp³-hybridized carbons (Fsp3) is 0.350. The van der Waals surface area contributed by atoms with Crippen molar-refractivity contribution in [1.29, 1.82) is 0 Å². The minimum atomic E-state index is -3.16. The highest BCUT2D eigenvalue weighted by atomic mass is 32.2. The lowest BCUT2D eigenvalue weighted by Crippen LogP contribution is -2.39. The van der Waals surface area contributed by atoms with Gasteiger partial charge in [0.2, 0.25) is 10.0 Å². The second kappa shape index (κ2) is 7.06. The number of aromatic amines is 2. The fourth-order valence-electron chi connectivity index (χ4n) is 4.15. The first-order chi connectivity index (χ1) is 14.4. The Morgan fingerprint density at radius 1 is 1.10 bits per heavy atom. The van der Waals surface area contributed by atoms with Gasteiger partial charge in [-0.1, -0.05) is 0 Å². The minimum Gasteiger partial charge on any atom is -0.346 e. The number of imidazole rings is 1. The Hall–Kier alpha value is -2.98. The van der Waals surface area contributed by atoms with Gasteiger partial charge in [-0.15, -0.1) is 0 Å². The van der Waals surface area contributed by atoms with Crippen molar-refractivity contribution in [2.75, 3.05) is 19.3 Å². The van der Waals surface area contributed by atoms with Crippen LogP contribution in [0, 0.1) is 5.92 Å². The molecule has 2 N–H and O–H groups in total. The largest absolute Gasteiger partial charge is 0.346 e. The first kappa shape index (κ1) is 19.0. The van der Waals surface area contributed by atoms with E-state index in [1.54, 1.807) is 17.0 Å². The predicted octanol–water partition coefficient (Wildman–Crippen LogP) is 1.94. The molecule has 1 aliphatic rings. The van der Waals surface area contributed by atoms with E-state index in [0.29, 0.717) is 25.3 Å². The van der Waals surface area contributed by atoms with E-state index in [0.717, 1.165) is 40.5 Å². The van der Waals surface area contributed by atoms with Gasteiger partial charge in [0, 0.05) is 54.7 Å². The highest BCUT2D eigenvalue weighted by Crippen LogP contribution is 2.26. The van der Waals surface area contributed by atoms with Crippen LogP contribution in [0.5, 0.6) is 0 Å². The molecule has 9 nitrogen and oxygen atoms in total. The first-order valence-corrected chi connectivity index (χ1v) is 11.7. The average Bonchev–Trinajstić information content (AvgIpc) is 3.31. The van der Waals surface area contributed by atoms with Gasteiger partial charge in [0.05, 0.1) is 11.8 Å². The third kappa shape index (κ3) is 3.41. The van der Waals surface area contributed by atoms with Crippen molar-refractivity contribution in [3.8, 4) is 11.1 Å². The second-order valence-corrected chi connectivity index (χ2v) is 9.86. The van der Waals surface area contributed by atoms with Crippen molar-refractivity contribution in [2.24, 2.45) is 5.92 Å². The van der Waals surface area contributed by atoms with Gasteiger partial charge in [-0.25, -0.2) is 27.5 Å². The quantitative estimate of drug-likeness (QED) is 0.517. The van der Waals surface area contributed by atoms with E-state index < -0.39 is 10.0 Å². The number of H-pyrrole nitrogens is 2. The van der Waals surface area contributed by atoms with E-state index in [1.807, 2.05) is 24.4 Å². The molecule has 0 atom stereocenters. The van der Waals surface area contributed by atoms with E-state index in [1.165, 1.54) is 10.6 Å². The number of nitrogens with one attached hydrogen (secondary N) is 2. The van der Waals surface area contributed by atoms with Crippen molar-refractivity contribution >= 4 is 32.2 Å². The molecular weight excluding hydrogens is 404 g/mol. The smallest absolute Gasteiger partial charge is 0.327 e. The first-order valence-electron chi connectivity index (χ1n) is 9.86. The summed E-state index contributed by atoms with van der Waals surface area (Å²) in [5.74, 6) is 0.237. The number of hydrogen-bond acceptors (Lipinski definition) is 5. The third-order valence-corrected chi connectivity index (χ3v) is 7.15. The lowest BCUT2D eigenvalue weighted by atomic mass is 9.98. The van der Waals surface area contributed by atoms with E-state index in [-0.39, 0.29) is 11.6 Å². The molecule has 0 spiro atoms. The summed E-state index contributed by atoms with van der Waals surface area (Å²) in [6, 6.07) is 5.96. The highest BCUT2D eigenvalue weighted by molar-refractivity contribution is 7.88. The van der Waals surface area contributed by atoms with E-state index in [2.05, 4.69) is 19.9 Å². The molecule has 4 aromatic heterocycles. The molecule has 10 heteroatoms. The number of pyridine rings is 2. The SMILES string of the molecule is CS(=O)(=O)N1CCC(Cn2c(=O)[nH]c3ncc(-c4cnc5[nH]ccc5c4)cc32)CC1. The number of aromatic nitrogens is 5. The maximum Gasteiger partial charge on any atom is 0.327 e. The van der Waals surface area contributed by atoms with E-state index in [4.69, 9.17) is 0 Å². The topological polar surface area (TPSA) is 117 Å². The molecule has 1 saturated heterocycles. The van der Waals surface area contributed by atoms with Crippen molar-refractivity contribution < 1.29 is 8.42 Å². The molecule has 5 rings (SSSR count). The van der Waals surface area contributed by atoms with Gasteiger partial charge in [-0.2, -0.15) is 0 Å². The Kier molecular flexibility index (Phi) is 4.48. The Bertz CT molecular complexity index is 1390. The van der Waals surface area contributed by atoms with Crippen LogP contribution in [0.1, 0.15) is 12.8 Å². The van der Waals surface area contributed by atoms with Crippen molar-refractivity contribution in [1.82, 2.24) is 28.8 Å². The molecular formula is C20H22N6O3S. The van der Waals surface area contributed by atoms with Gasteiger partial charge in [0.25, 0.3) is 0 Å². The predicted molar refractivity (Wildman–Crippen MR) is 115 cm³/mol. The zero-order chi connectivity index (χ0) is 20.9. The summed E-state index contributed by atoms with van der Waals surface area (Å²) >= 11 is 0. The number of fused-ring (bicyclic) bond motifs is 2. The molecule has 0 aromatic carbocycles. The van der Waals surface area contributed by atoms with Crippen LogP contribution in [0.3, 0.4) is 0 Å². The molecule has 0 amide bonds. The van der Waals surface area contributed by atoms with Crippen LogP contribution in [0.25, 0.3) is 33.3 Å². The van der Waals surface area contributed by atoms with Gasteiger partial charge in [0.1, 0.15) is 5.65 Å². The molecule has 0 unspecified atom stereocenters. The lowest BCUT2D eigenvalue weighted by Gasteiger charge is -2.30. The van der Waals surface area contributed by atoms with Crippen LogP contribution in [-0.2, 0) is 16.6 Å². The summed E-state index contributed by atoms with van der Waals surface area (Å²) in [5.41, 5.74) is 3.74. The fourth-order valence-corrected chi connectivity index (χ4v) is 5.03. The molecule has 0 saturated carbocycles. The number of hydrogen-bond donors (Lipinski definition) is 2. The average molecular weight is 427 g/mol. The Morgan fingerprint density at radius 3 is 2.53 bits per heavy atom. The van der Waals surface area contributed by atoms with Crippen LogP contribution in [-0.4, -0.2) is 56.6 Å². The monoisotopic (exact) mass is 426 g/mol. The third-order valence-electron chi connectivity index (χ3n) is 5.85. The molecule has 0 aliphatic carbocycles. The van der Waals surface area contributed by atoms with Gasteiger partial charge >= 0.3 is 5.69 Å². The van der Waals surface area contributed by atoms with E-state index in [9.17, 15) is 13.2 Å². The number of sulfonamides is 1. The Morgan fingerprint density at radius 2 is 1.80 bits per heavy atom. The highest BCUT2D eigenvalue weighted by Gasteiger charge is 2.26. The Balaban J connectivity index is 1.45. The van der Waals surface area contributed by atoms with Crippen molar-refractivity contribution in [3.63, 3.8) is 0 Å². The normalized spacial score (nSPS) is 16.6. The molecule has 156 valence electrons. The van der Waals surface area contributed by atoms with Crippen LogP contribution < -0.4 is 5.69 Å². The molecule has 0 radical (unpaired) electrons. The lowest BCUT2D eigenvalue weighted by molar-refractivity contribution is 0.254. The maximum atomic E-state index is 12.6. The zero-order valence-corrected chi connectivity index (χ0v) is 17.3. The summed E-state index contributed by atoms with van der Waals surface area (Å²) in [6.45, 7) is 1.52. The zero-order valence-electron chi connectivity index (χ0n) is 16.5. The summed E-state index contributed by atoms with van der Waals surface area (Å²) in [4.78, 5) is 27.3. The summed E-state index contributed by atoms with van der Waals surface area (Å²) in [5, 5.41) is 1.01. The molecule has 5 heterocycles. The number of piperidine rings is 1. The van der Waals surface area contributed by atoms with Gasteiger partial charge < -0.3 is 4.98 Å². The molecule has 30 heavy (non-hydrogen) atoms. The van der Waals surface area contributed by atoms with Crippen molar-refractivity contribution in [3.05, 3.63) is 47.3 Å².